The number of benzene rings is 2. The third-order valence-corrected chi connectivity index (χ3v) is 4.62. The molecule has 0 aliphatic carbocycles. The lowest BCUT2D eigenvalue weighted by molar-refractivity contribution is -0.118. The molecule has 5 nitrogen and oxygen atoms in total. The van der Waals surface area contributed by atoms with Crippen LogP contribution in [0.1, 0.15) is 38.1 Å². The van der Waals surface area contributed by atoms with Crippen LogP contribution < -0.4 is 15.5 Å². The minimum Gasteiger partial charge on any atom is -0.372 e. The van der Waals surface area contributed by atoms with E-state index in [9.17, 15) is 14.0 Å². The number of halogens is 1. The van der Waals surface area contributed by atoms with Crippen LogP contribution in [0.15, 0.2) is 48.5 Å². The smallest absolute Gasteiger partial charge is 0.254 e. The van der Waals surface area contributed by atoms with Crippen molar-refractivity contribution in [3.63, 3.8) is 0 Å². The highest BCUT2D eigenvalue weighted by Crippen LogP contribution is 2.18. The highest BCUT2D eigenvalue weighted by molar-refractivity contribution is 6.01. The summed E-state index contributed by atoms with van der Waals surface area (Å²) >= 11 is 0. The molecule has 6 heteroatoms. The second-order valence-corrected chi connectivity index (χ2v) is 6.88. The van der Waals surface area contributed by atoms with Crippen LogP contribution in [0.4, 0.5) is 15.8 Å². The zero-order valence-electron chi connectivity index (χ0n) is 16.8. The molecule has 0 heterocycles. The average molecular weight is 385 g/mol. The molecule has 2 aromatic rings. The van der Waals surface area contributed by atoms with Crippen molar-refractivity contribution in [2.45, 2.75) is 33.7 Å². The van der Waals surface area contributed by atoms with Crippen LogP contribution in [-0.4, -0.2) is 30.9 Å². The van der Waals surface area contributed by atoms with Gasteiger partial charge in [0.05, 0.1) is 5.56 Å². The minimum atomic E-state index is -0.783. The maximum absolute atomic E-state index is 13.8. The SMILES string of the molecule is CCN(CC)c1ccc(NC(=O)C(NC(=O)c2ccccc2F)C(C)C)cc1. The Bertz CT molecular complexity index is 802. The van der Waals surface area contributed by atoms with Gasteiger partial charge in [-0.3, -0.25) is 9.59 Å². The molecule has 2 rings (SSSR count). The van der Waals surface area contributed by atoms with Gasteiger partial charge in [-0.1, -0.05) is 26.0 Å². The number of carbonyl (C=O) groups is 2. The summed E-state index contributed by atoms with van der Waals surface area (Å²) in [5, 5.41) is 5.47. The monoisotopic (exact) mass is 385 g/mol. The van der Waals surface area contributed by atoms with Gasteiger partial charge < -0.3 is 15.5 Å². The summed E-state index contributed by atoms with van der Waals surface area (Å²) in [6.45, 7) is 9.64. The van der Waals surface area contributed by atoms with Gasteiger partial charge in [-0.15, -0.1) is 0 Å². The van der Waals surface area contributed by atoms with Crippen molar-refractivity contribution in [2.24, 2.45) is 5.92 Å². The Hall–Kier alpha value is -2.89. The number of carbonyl (C=O) groups excluding carboxylic acids is 2. The Morgan fingerprint density at radius 3 is 2.14 bits per heavy atom. The van der Waals surface area contributed by atoms with Gasteiger partial charge in [-0.2, -0.15) is 0 Å². The molecule has 28 heavy (non-hydrogen) atoms. The van der Waals surface area contributed by atoms with Crippen LogP contribution >= 0.6 is 0 Å². The topological polar surface area (TPSA) is 61.4 Å². The van der Waals surface area contributed by atoms with Crippen molar-refractivity contribution in [1.29, 1.82) is 0 Å². The van der Waals surface area contributed by atoms with E-state index in [1.54, 1.807) is 6.07 Å². The van der Waals surface area contributed by atoms with Gasteiger partial charge in [0.15, 0.2) is 0 Å². The normalized spacial score (nSPS) is 11.8. The molecule has 1 unspecified atom stereocenters. The summed E-state index contributed by atoms with van der Waals surface area (Å²) in [5.74, 6) is -1.72. The Labute approximate surface area is 165 Å². The maximum atomic E-state index is 13.8. The number of nitrogens with zero attached hydrogens (tertiary/aromatic N) is 1. The van der Waals surface area contributed by atoms with Gasteiger partial charge in [-0.25, -0.2) is 4.39 Å². The first kappa shape index (κ1) is 21.4. The number of hydrogen-bond acceptors (Lipinski definition) is 3. The molecule has 0 saturated carbocycles. The van der Waals surface area contributed by atoms with E-state index in [0.29, 0.717) is 5.69 Å². The Morgan fingerprint density at radius 2 is 1.61 bits per heavy atom. The number of rotatable bonds is 8. The molecule has 0 bridgehead atoms. The number of amides is 2. The van der Waals surface area contributed by atoms with Crippen LogP contribution in [0.3, 0.4) is 0 Å². The van der Waals surface area contributed by atoms with Crippen molar-refractivity contribution in [2.75, 3.05) is 23.3 Å². The molecule has 2 amide bonds. The fourth-order valence-corrected chi connectivity index (χ4v) is 2.96. The van der Waals surface area contributed by atoms with Crippen LogP contribution in [-0.2, 0) is 4.79 Å². The number of nitrogens with one attached hydrogen (secondary N) is 2. The molecule has 0 fully saturated rings. The van der Waals surface area contributed by atoms with Gasteiger partial charge in [0, 0.05) is 24.5 Å². The van der Waals surface area contributed by atoms with E-state index in [1.165, 1.54) is 18.2 Å². The summed E-state index contributed by atoms with van der Waals surface area (Å²) < 4.78 is 13.8. The Morgan fingerprint density at radius 1 is 1.00 bits per heavy atom. The predicted molar refractivity (Wildman–Crippen MR) is 111 cm³/mol. The van der Waals surface area contributed by atoms with Crippen molar-refractivity contribution in [1.82, 2.24) is 5.32 Å². The van der Waals surface area contributed by atoms with Crippen molar-refractivity contribution >= 4 is 23.2 Å². The predicted octanol–water partition coefficient (Wildman–Crippen LogP) is 4.07. The Kier molecular flexibility index (Phi) is 7.55. The molecular weight excluding hydrogens is 357 g/mol. The molecule has 0 aliphatic rings. The van der Waals surface area contributed by atoms with Crippen LogP contribution in [0, 0.1) is 11.7 Å². The molecule has 150 valence electrons. The third-order valence-electron chi connectivity index (χ3n) is 4.62. The third kappa shape index (κ3) is 5.31. The van der Waals surface area contributed by atoms with Gasteiger partial charge >= 0.3 is 0 Å². The van der Waals surface area contributed by atoms with Crippen LogP contribution in [0.25, 0.3) is 0 Å². The van der Waals surface area contributed by atoms with E-state index in [0.717, 1.165) is 18.8 Å². The van der Waals surface area contributed by atoms with Gasteiger partial charge in [0.25, 0.3) is 5.91 Å². The lowest BCUT2D eigenvalue weighted by Crippen LogP contribution is -2.47. The fourth-order valence-electron chi connectivity index (χ4n) is 2.96. The Balaban J connectivity index is 2.09. The van der Waals surface area contributed by atoms with Gasteiger partial charge in [0.1, 0.15) is 11.9 Å². The van der Waals surface area contributed by atoms with Crippen LogP contribution in [0.2, 0.25) is 0 Å². The van der Waals surface area contributed by atoms with Gasteiger partial charge in [0.2, 0.25) is 5.91 Å². The van der Waals surface area contributed by atoms with Gasteiger partial charge in [-0.05, 0) is 56.2 Å². The summed E-state index contributed by atoms with van der Waals surface area (Å²) in [6, 6.07) is 12.5. The standard InChI is InChI=1S/C22H28FN3O2/c1-5-26(6-2)17-13-11-16(12-14-17)24-22(28)20(15(3)4)25-21(27)18-9-7-8-10-19(18)23/h7-15,20H,5-6H2,1-4H3,(H,24,28)(H,25,27). The second-order valence-electron chi connectivity index (χ2n) is 6.88. The average Bonchev–Trinajstić information content (AvgIpc) is 2.68. The van der Waals surface area contributed by atoms with E-state index < -0.39 is 17.8 Å². The molecule has 0 saturated heterocycles. The molecule has 2 aromatic carbocycles. The largest absolute Gasteiger partial charge is 0.372 e. The first-order chi connectivity index (χ1) is 13.4. The minimum absolute atomic E-state index is 0.0791. The second kappa shape index (κ2) is 9.88. The molecule has 2 N–H and O–H groups in total. The molecular formula is C22H28FN3O2. The zero-order chi connectivity index (χ0) is 20.7. The summed E-state index contributed by atoms with van der Waals surface area (Å²) in [4.78, 5) is 27.3. The van der Waals surface area contributed by atoms with E-state index in [1.807, 2.05) is 38.1 Å². The molecule has 0 spiro atoms. The lowest BCUT2D eigenvalue weighted by Gasteiger charge is -2.23. The van der Waals surface area contributed by atoms with Crippen molar-refractivity contribution < 1.29 is 14.0 Å². The molecule has 0 aliphatic heterocycles. The van der Waals surface area contributed by atoms with Crippen molar-refractivity contribution in [3.05, 3.63) is 59.9 Å². The lowest BCUT2D eigenvalue weighted by atomic mass is 10.0. The summed E-state index contributed by atoms with van der Waals surface area (Å²) in [6.07, 6.45) is 0. The molecule has 0 radical (unpaired) electrons. The number of hydrogen-bond donors (Lipinski definition) is 2. The first-order valence-corrected chi connectivity index (χ1v) is 9.58. The van der Waals surface area contributed by atoms with E-state index in [2.05, 4.69) is 29.4 Å². The quantitative estimate of drug-likeness (QED) is 0.720. The highest BCUT2D eigenvalue weighted by Gasteiger charge is 2.25. The fraction of sp³-hybridized carbons (Fsp3) is 0.364. The number of anilines is 2. The zero-order valence-corrected chi connectivity index (χ0v) is 16.8. The van der Waals surface area contributed by atoms with E-state index in [4.69, 9.17) is 0 Å². The first-order valence-electron chi connectivity index (χ1n) is 9.58. The highest BCUT2D eigenvalue weighted by atomic mass is 19.1. The molecule has 0 aromatic heterocycles. The van der Waals surface area contributed by atoms with Crippen molar-refractivity contribution in [3.8, 4) is 0 Å². The summed E-state index contributed by atoms with van der Waals surface area (Å²) in [7, 11) is 0. The van der Waals surface area contributed by atoms with E-state index >= 15 is 0 Å². The van der Waals surface area contributed by atoms with E-state index in [-0.39, 0.29) is 17.4 Å². The molecule has 1 atom stereocenters. The maximum Gasteiger partial charge on any atom is 0.254 e. The van der Waals surface area contributed by atoms with Crippen LogP contribution in [0.5, 0.6) is 0 Å². The summed E-state index contributed by atoms with van der Waals surface area (Å²) in [5.41, 5.74) is 1.65.